The van der Waals surface area contributed by atoms with Gasteiger partial charge in [-0.3, -0.25) is 4.79 Å². The van der Waals surface area contributed by atoms with Crippen molar-refractivity contribution in [3.05, 3.63) is 24.3 Å². The number of amides is 1. The van der Waals surface area contributed by atoms with Crippen LogP contribution in [-0.4, -0.2) is 45.4 Å². The van der Waals surface area contributed by atoms with Crippen LogP contribution in [0.5, 0.6) is 5.75 Å². The van der Waals surface area contributed by atoms with E-state index in [9.17, 15) is 4.79 Å². The number of nitrogens with one attached hydrogen (secondary N) is 2. The van der Waals surface area contributed by atoms with Crippen molar-refractivity contribution in [2.75, 3.05) is 38.7 Å². The maximum atomic E-state index is 12.2. The average Bonchev–Trinajstić information content (AvgIpc) is 2.48. The summed E-state index contributed by atoms with van der Waals surface area (Å²) in [6, 6.07) is 7.30. The van der Waals surface area contributed by atoms with Crippen molar-refractivity contribution < 1.29 is 19.2 Å². The van der Waals surface area contributed by atoms with Crippen molar-refractivity contribution >= 4 is 11.6 Å². The second-order valence-electron chi connectivity index (χ2n) is 4.71. The lowest BCUT2D eigenvalue weighted by molar-refractivity contribution is -0.921. The number of morpholine rings is 1. The predicted octanol–water partition coefficient (Wildman–Crippen LogP) is -0.0627. The molecular weight excluding hydrogens is 244 g/mol. The van der Waals surface area contributed by atoms with Gasteiger partial charge in [0.1, 0.15) is 18.8 Å². The molecule has 1 aromatic carbocycles. The van der Waals surface area contributed by atoms with Gasteiger partial charge in [-0.25, -0.2) is 0 Å². The Morgan fingerprint density at radius 3 is 2.53 bits per heavy atom. The fraction of sp³-hybridized carbons (Fsp3) is 0.500. The highest BCUT2D eigenvalue weighted by atomic mass is 16.5. The molecule has 0 radical (unpaired) electrons. The molecule has 104 valence electrons. The Labute approximate surface area is 113 Å². The normalized spacial score (nSPS) is 17.8. The van der Waals surface area contributed by atoms with E-state index in [4.69, 9.17) is 9.47 Å². The SMILES string of the molecule is COc1ccc(NC(=O)[C@@H](C)[NH+]2CCOCC2)cc1. The van der Waals surface area contributed by atoms with E-state index >= 15 is 0 Å². The summed E-state index contributed by atoms with van der Waals surface area (Å²) in [4.78, 5) is 13.4. The first-order chi connectivity index (χ1) is 9.20. The second-order valence-corrected chi connectivity index (χ2v) is 4.71. The lowest BCUT2D eigenvalue weighted by Crippen LogP contribution is -3.18. The Morgan fingerprint density at radius 2 is 1.95 bits per heavy atom. The first-order valence-corrected chi connectivity index (χ1v) is 6.58. The molecule has 5 heteroatoms. The number of quaternary nitrogens is 1. The van der Waals surface area contributed by atoms with E-state index in [-0.39, 0.29) is 11.9 Å². The minimum atomic E-state index is -0.0639. The highest BCUT2D eigenvalue weighted by molar-refractivity contribution is 5.93. The van der Waals surface area contributed by atoms with Gasteiger partial charge in [0.05, 0.1) is 20.3 Å². The van der Waals surface area contributed by atoms with E-state index in [0.717, 1.165) is 37.7 Å². The van der Waals surface area contributed by atoms with Crippen LogP contribution in [0, 0.1) is 0 Å². The van der Waals surface area contributed by atoms with Gasteiger partial charge in [0.25, 0.3) is 5.91 Å². The van der Waals surface area contributed by atoms with E-state index in [0.29, 0.717) is 0 Å². The van der Waals surface area contributed by atoms with Gasteiger partial charge in [0.2, 0.25) is 0 Å². The molecule has 1 heterocycles. The molecule has 0 spiro atoms. The average molecular weight is 265 g/mol. The molecule has 19 heavy (non-hydrogen) atoms. The van der Waals surface area contributed by atoms with Gasteiger partial charge in [-0.15, -0.1) is 0 Å². The van der Waals surface area contributed by atoms with Gasteiger partial charge >= 0.3 is 0 Å². The van der Waals surface area contributed by atoms with Crippen molar-refractivity contribution in [2.24, 2.45) is 0 Å². The molecule has 1 amide bonds. The third-order valence-corrected chi connectivity index (χ3v) is 3.50. The number of methoxy groups -OCH3 is 1. The largest absolute Gasteiger partial charge is 0.497 e. The number of hydrogen-bond donors (Lipinski definition) is 2. The summed E-state index contributed by atoms with van der Waals surface area (Å²) in [5.74, 6) is 0.826. The Hall–Kier alpha value is -1.59. The number of anilines is 1. The number of rotatable bonds is 4. The van der Waals surface area contributed by atoms with Gasteiger partial charge < -0.3 is 19.7 Å². The Balaban J connectivity index is 1.91. The quantitative estimate of drug-likeness (QED) is 0.802. The van der Waals surface area contributed by atoms with Crippen LogP contribution in [0.3, 0.4) is 0 Å². The highest BCUT2D eigenvalue weighted by Gasteiger charge is 2.26. The molecular formula is C14H21N2O3+. The maximum absolute atomic E-state index is 12.2. The summed E-state index contributed by atoms with van der Waals surface area (Å²) in [6.45, 7) is 5.19. The van der Waals surface area contributed by atoms with Crippen molar-refractivity contribution in [3.63, 3.8) is 0 Å². The molecule has 0 bridgehead atoms. The smallest absolute Gasteiger partial charge is 0.282 e. The van der Waals surface area contributed by atoms with Gasteiger partial charge in [0.15, 0.2) is 6.04 Å². The zero-order valence-electron chi connectivity index (χ0n) is 11.4. The lowest BCUT2D eigenvalue weighted by atomic mass is 10.2. The van der Waals surface area contributed by atoms with Crippen molar-refractivity contribution in [1.29, 1.82) is 0 Å². The summed E-state index contributed by atoms with van der Waals surface area (Å²) in [5.41, 5.74) is 0.797. The van der Waals surface area contributed by atoms with Gasteiger partial charge in [-0.05, 0) is 31.2 Å². The molecule has 0 saturated carbocycles. The molecule has 1 fully saturated rings. The van der Waals surface area contributed by atoms with Crippen LogP contribution >= 0.6 is 0 Å². The van der Waals surface area contributed by atoms with Crippen LogP contribution in [0.2, 0.25) is 0 Å². The van der Waals surface area contributed by atoms with Gasteiger partial charge in [-0.2, -0.15) is 0 Å². The van der Waals surface area contributed by atoms with Crippen LogP contribution < -0.4 is 15.0 Å². The van der Waals surface area contributed by atoms with E-state index < -0.39 is 0 Å². The number of hydrogen-bond acceptors (Lipinski definition) is 3. The van der Waals surface area contributed by atoms with Crippen molar-refractivity contribution in [1.82, 2.24) is 0 Å². The number of carbonyl (C=O) groups is 1. The monoisotopic (exact) mass is 265 g/mol. The molecule has 1 atom stereocenters. The first kappa shape index (κ1) is 13.8. The number of benzene rings is 1. The third-order valence-electron chi connectivity index (χ3n) is 3.50. The van der Waals surface area contributed by atoms with E-state index in [1.54, 1.807) is 7.11 Å². The van der Waals surface area contributed by atoms with Crippen LogP contribution in [0.4, 0.5) is 5.69 Å². The molecule has 2 N–H and O–H groups in total. The summed E-state index contributed by atoms with van der Waals surface area (Å²) in [5, 5.41) is 2.93. The molecule has 0 unspecified atom stereocenters. The maximum Gasteiger partial charge on any atom is 0.282 e. The van der Waals surface area contributed by atoms with Crippen LogP contribution in [0.15, 0.2) is 24.3 Å². The van der Waals surface area contributed by atoms with E-state index in [2.05, 4.69) is 5.32 Å². The minimum Gasteiger partial charge on any atom is -0.497 e. The Bertz CT molecular complexity index is 413. The Morgan fingerprint density at radius 1 is 1.32 bits per heavy atom. The summed E-state index contributed by atoms with van der Waals surface area (Å²) >= 11 is 0. The lowest BCUT2D eigenvalue weighted by Gasteiger charge is -2.28. The molecule has 1 aliphatic rings. The second kappa shape index (κ2) is 6.54. The molecule has 1 saturated heterocycles. The number of ether oxygens (including phenoxy) is 2. The van der Waals surface area contributed by atoms with E-state index in [1.807, 2.05) is 31.2 Å². The highest BCUT2D eigenvalue weighted by Crippen LogP contribution is 2.14. The molecule has 1 aliphatic heterocycles. The van der Waals surface area contributed by atoms with Crippen LogP contribution in [-0.2, 0) is 9.53 Å². The summed E-state index contributed by atoms with van der Waals surface area (Å²) < 4.78 is 10.4. The predicted molar refractivity (Wildman–Crippen MR) is 72.6 cm³/mol. The first-order valence-electron chi connectivity index (χ1n) is 6.58. The van der Waals surface area contributed by atoms with Gasteiger partial charge in [0, 0.05) is 5.69 Å². The fourth-order valence-electron chi connectivity index (χ4n) is 2.18. The van der Waals surface area contributed by atoms with Crippen molar-refractivity contribution in [2.45, 2.75) is 13.0 Å². The molecule has 5 nitrogen and oxygen atoms in total. The molecule has 2 rings (SSSR count). The van der Waals surface area contributed by atoms with Crippen molar-refractivity contribution in [3.8, 4) is 5.75 Å². The van der Waals surface area contributed by atoms with E-state index in [1.165, 1.54) is 4.90 Å². The summed E-state index contributed by atoms with van der Waals surface area (Å²) in [7, 11) is 1.62. The standard InChI is InChI=1S/C14H20N2O3/c1-11(16-7-9-19-10-8-16)14(17)15-12-3-5-13(18-2)6-4-12/h3-6,11H,7-10H2,1-2H3,(H,15,17)/p+1/t11-/m1/s1. The zero-order valence-corrected chi connectivity index (χ0v) is 11.4. The van der Waals surface area contributed by atoms with Crippen LogP contribution in [0.25, 0.3) is 0 Å². The molecule has 0 aromatic heterocycles. The molecule has 0 aliphatic carbocycles. The zero-order chi connectivity index (χ0) is 13.7. The van der Waals surface area contributed by atoms with Gasteiger partial charge in [-0.1, -0.05) is 0 Å². The third kappa shape index (κ3) is 3.68. The number of carbonyl (C=O) groups excluding carboxylic acids is 1. The summed E-state index contributed by atoms with van der Waals surface area (Å²) in [6.07, 6.45) is 0. The Kier molecular flexibility index (Phi) is 4.76. The van der Waals surface area contributed by atoms with Crippen LogP contribution in [0.1, 0.15) is 6.92 Å². The fourth-order valence-corrected chi connectivity index (χ4v) is 2.18. The topological polar surface area (TPSA) is 52.0 Å². The molecule has 1 aromatic rings. The minimum absolute atomic E-state index is 0.0436.